The number of benzene rings is 2. The van der Waals surface area contributed by atoms with Crippen LogP contribution in [0.2, 0.25) is 0 Å². The molecule has 0 radical (unpaired) electrons. The number of fused-ring (bicyclic) bond motifs is 2. The van der Waals surface area contributed by atoms with Gasteiger partial charge >= 0.3 is 0 Å². The molecule has 0 aliphatic rings. The third kappa shape index (κ3) is 2.53. The second-order valence-corrected chi connectivity index (χ2v) is 6.06. The van der Waals surface area contributed by atoms with E-state index < -0.39 is 0 Å². The zero-order valence-electron chi connectivity index (χ0n) is 14.4. The average molecular weight is 357 g/mol. The van der Waals surface area contributed by atoms with E-state index in [1.165, 1.54) is 0 Å². The van der Waals surface area contributed by atoms with E-state index in [-0.39, 0.29) is 5.95 Å². The van der Waals surface area contributed by atoms with Crippen LogP contribution in [0.5, 0.6) is 0 Å². The Kier molecular flexibility index (Phi) is 3.26. The van der Waals surface area contributed by atoms with Crippen molar-refractivity contribution < 1.29 is 0 Å². The molecule has 3 heterocycles. The van der Waals surface area contributed by atoms with Gasteiger partial charge in [-0.3, -0.25) is 5.10 Å². The van der Waals surface area contributed by atoms with Crippen molar-refractivity contribution in [3.8, 4) is 5.95 Å². The largest absolute Gasteiger partial charge is 0.368 e. The summed E-state index contributed by atoms with van der Waals surface area (Å²) in [4.78, 5) is 17.5. The number of anilines is 3. The predicted octanol–water partition coefficient (Wildman–Crippen LogP) is 2.72. The number of aromatic amines is 1. The molecule has 9 heteroatoms. The number of aryl methyl sites for hydroxylation is 1. The van der Waals surface area contributed by atoms with Crippen molar-refractivity contribution in [3.63, 3.8) is 0 Å². The highest BCUT2D eigenvalue weighted by Crippen LogP contribution is 2.28. The molecular formula is C18H15N9. The Bertz CT molecular complexity index is 1260. The van der Waals surface area contributed by atoms with Crippen LogP contribution in [0.25, 0.3) is 27.9 Å². The van der Waals surface area contributed by atoms with Crippen LogP contribution in [0, 0.1) is 6.92 Å². The average Bonchev–Trinajstić information content (AvgIpc) is 3.25. The first-order valence-electron chi connectivity index (χ1n) is 8.34. The van der Waals surface area contributed by atoms with E-state index in [9.17, 15) is 0 Å². The summed E-state index contributed by atoms with van der Waals surface area (Å²) in [5.41, 5.74) is 9.33. The van der Waals surface area contributed by atoms with Gasteiger partial charge in [0.2, 0.25) is 17.8 Å². The van der Waals surface area contributed by atoms with Crippen molar-refractivity contribution in [1.82, 2.24) is 34.7 Å². The third-order valence-electron chi connectivity index (χ3n) is 4.24. The highest BCUT2D eigenvalue weighted by molar-refractivity contribution is 5.93. The van der Waals surface area contributed by atoms with E-state index >= 15 is 0 Å². The van der Waals surface area contributed by atoms with Crippen molar-refractivity contribution in [1.29, 1.82) is 0 Å². The topological polar surface area (TPSA) is 123 Å². The van der Waals surface area contributed by atoms with Gasteiger partial charge in [0, 0.05) is 5.39 Å². The quantitative estimate of drug-likeness (QED) is 0.453. The molecule has 0 spiro atoms. The molecule has 0 amide bonds. The first-order chi connectivity index (χ1) is 13.2. The molecule has 0 bridgehead atoms. The number of nitrogens with one attached hydrogen (secondary N) is 2. The lowest BCUT2D eigenvalue weighted by Crippen LogP contribution is -2.10. The van der Waals surface area contributed by atoms with Gasteiger partial charge in [0.25, 0.3) is 0 Å². The maximum atomic E-state index is 5.84. The highest BCUT2D eigenvalue weighted by Gasteiger charge is 2.16. The number of imidazole rings is 1. The van der Waals surface area contributed by atoms with E-state index in [1.807, 2.05) is 47.0 Å². The van der Waals surface area contributed by atoms with Gasteiger partial charge in [-0.1, -0.05) is 18.2 Å². The molecule has 0 aliphatic heterocycles. The van der Waals surface area contributed by atoms with Gasteiger partial charge in [0.05, 0.1) is 28.4 Å². The summed E-state index contributed by atoms with van der Waals surface area (Å²) in [6, 6.07) is 13.7. The maximum Gasteiger partial charge on any atom is 0.242 e. The Morgan fingerprint density at radius 2 is 1.89 bits per heavy atom. The minimum Gasteiger partial charge on any atom is -0.368 e. The minimum absolute atomic E-state index is 0.165. The molecule has 3 aromatic heterocycles. The van der Waals surface area contributed by atoms with Gasteiger partial charge in [-0.25, -0.2) is 9.55 Å². The van der Waals surface area contributed by atoms with Gasteiger partial charge in [-0.15, -0.1) is 0 Å². The summed E-state index contributed by atoms with van der Waals surface area (Å²) in [6.07, 6.45) is 1.77. The first kappa shape index (κ1) is 15.3. The molecule has 5 aromatic rings. The molecule has 27 heavy (non-hydrogen) atoms. The van der Waals surface area contributed by atoms with Crippen molar-refractivity contribution in [2.24, 2.45) is 0 Å². The summed E-state index contributed by atoms with van der Waals surface area (Å²) in [7, 11) is 0. The van der Waals surface area contributed by atoms with Gasteiger partial charge in [-0.05, 0) is 31.2 Å². The van der Waals surface area contributed by atoms with Crippen LogP contribution in [0.15, 0.2) is 48.7 Å². The predicted molar refractivity (Wildman–Crippen MR) is 103 cm³/mol. The smallest absolute Gasteiger partial charge is 0.242 e. The molecule has 0 saturated heterocycles. The number of hydrogen-bond acceptors (Lipinski definition) is 7. The van der Waals surface area contributed by atoms with E-state index in [1.54, 1.807) is 13.1 Å². The number of rotatable bonds is 3. The third-order valence-corrected chi connectivity index (χ3v) is 4.24. The Labute approximate surface area is 153 Å². The first-order valence-corrected chi connectivity index (χ1v) is 8.34. The van der Waals surface area contributed by atoms with Gasteiger partial charge in [0.1, 0.15) is 5.82 Å². The molecule has 2 aromatic carbocycles. The van der Waals surface area contributed by atoms with Crippen LogP contribution < -0.4 is 11.1 Å². The second-order valence-electron chi connectivity index (χ2n) is 6.06. The van der Waals surface area contributed by atoms with Crippen LogP contribution in [0.3, 0.4) is 0 Å². The van der Waals surface area contributed by atoms with Crippen molar-refractivity contribution in [3.05, 3.63) is 54.5 Å². The van der Waals surface area contributed by atoms with Gasteiger partial charge < -0.3 is 11.1 Å². The normalized spacial score (nSPS) is 11.3. The van der Waals surface area contributed by atoms with Crippen LogP contribution in [-0.4, -0.2) is 34.7 Å². The molecule has 9 nitrogen and oxygen atoms in total. The summed E-state index contributed by atoms with van der Waals surface area (Å²) in [5.74, 6) is 1.70. The Morgan fingerprint density at radius 1 is 1.00 bits per heavy atom. The number of H-pyrrole nitrogens is 1. The highest BCUT2D eigenvalue weighted by atomic mass is 15.3. The Morgan fingerprint density at radius 3 is 2.78 bits per heavy atom. The summed E-state index contributed by atoms with van der Waals surface area (Å²) in [5, 5.41) is 11.4. The van der Waals surface area contributed by atoms with E-state index in [2.05, 4.69) is 30.5 Å². The number of para-hydroxylation sites is 2. The lowest BCUT2D eigenvalue weighted by atomic mass is 10.2. The Hall–Kier alpha value is -4.01. The molecular weight excluding hydrogens is 342 g/mol. The Balaban J connectivity index is 1.73. The zero-order valence-corrected chi connectivity index (χ0v) is 14.4. The zero-order chi connectivity index (χ0) is 18.4. The number of nitrogens with zero attached hydrogens (tertiary/aromatic N) is 6. The fourth-order valence-electron chi connectivity index (χ4n) is 3.10. The minimum atomic E-state index is 0.165. The van der Waals surface area contributed by atoms with Crippen molar-refractivity contribution in [2.45, 2.75) is 6.92 Å². The number of aromatic nitrogens is 7. The van der Waals surface area contributed by atoms with E-state index in [4.69, 9.17) is 10.7 Å². The molecule has 4 N–H and O–H groups in total. The fourth-order valence-corrected chi connectivity index (χ4v) is 3.10. The standard InChI is InChI=1S/C18H15N9/c1-10-21-16(19)25-17(22-10)27-15-8-3-2-5-14(15)24-18(27)23-12-6-4-7-13-11(12)9-20-26-13/h2-9H,1H3,(H,20,26)(H,23,24)(H2,19,21,22,25). The molecule has 0 saturated carbocycles. The lowest BCUT2D eigenvalue weighted by molar-refractivity contribution is 0.894. The molecule has 0 atom stereocenters. The molecule has 0 fully saturated rings. The maximum absolute atomic E-state index is 5.84. The summed E-state index contributed by atoms with van der Waals surface area (Å²) < 4.78 is 1.83. The molecule has 0 unspecified atom stereocenters. The van der Waals surface area contributed by atoms with E-state index in [0.717, 1.165) is 27.6 Å². The van der Waals surface area contributed by atoms with E-state index in [0.29, 0.717) is 17.7 Å². The van der Waals surface area contributed by atoms with Gasteiger partial charge in [0.15, 0.2) is 0 Å². The fraction of sp³-hybridized carbons (Fsp3) is 0.0556. The van der Waals surface area contributed by atoms with Crippen LogP contribution in [-0.2, 0) is 0 Å². The van der Waals surface area contributed by atoms with Crippen LogP contribution in [0.4, 0.5) is 17.6 Å². The molecule has 132 valence electrons. The lowest BCUT2D eigenvalue weighted by Gasteiger charge is -2.10. The van der Waals surface area contributed by atoms with Crippen molar-refractivity contribution >= 4 is 39.5 Å². The summed E-state index contributed by atoms with van der Waals surface area (Å²) >= 11 is 0. The van der Waals surface area contributed by atoms with Gasteiger partial charge in [-0.2, -0.15) is 20.1 Å². The molecule has 0 aliphatic carbocycles. The van der Waals surface area contributed by atoms with Crippen LogP contribution in [0.1, 0.15) is 5.82 Å². The van der Waals surface area contributed by atoms with Crippen molar-refractivity contribution in [2.75, 3.05) is 11.1 Å². The number of hydrogen-bond donors (Lipinski definition) is 3. The summed E-state index contributed by atoms with van der Waals surface area (Å²) in [6.45, 7) is 1.78. The number of nitrogens with two attached hydrogens (primary N) is 1. The number of nitrogen functional groups attached to an aromatic ring is 1. The SMILES string of the molecule is Cc1nc(N)nc(-n2c(Nc3cccc4[nH]ncc34)nc3ccccc32)n1. The molecule has 5 rings (SSSR count). The van der Waals surface area contributed by atoms with Crippen LogP contribution >= 0.6 is 0 Å². The second kappa shape index (κ2) is 5.77. The monoisotopic (exact) mass is 357 g/mol.